The fourth-order valence-electron chi connectivity index (χ4n) is 2.56. The van der Waals surface area contributed by atoms with Gasteiger partial charge in [0.05, 0.1) is 12.9 Å². The van der Waals surface area contributed by atoms with E-state index in [9.17, 15) is 9.18 Å². The van der Waals surface area contributed by atoms with E-state index in [-0.39, 0.29) is 17.9 Å². The second kappa shape index (κ2) is 5.69. The van der Waals surface area contributed by atoms with E-state index < -0.39 is 0 Å². The minimum absolute atomic E-state index is 0.211. The number of benzene rings is 1. The first kappa shape index (κ1) is 14.3. The Kier molecular flexibility index (Phi) is 3.38. The van der Waals surface area contributed by atoms with Gasteiger partial charge in [0.15, 0.2) is 11.2 Å². The number of nitrogens with zero attached hydrogens (tertiary/aromatic N) is 4. The molecule has 118 valence electrons. The number of hydrogen-bond donors (Lipinski definition) is 1. The van der Waals surface area contributed by atoms with Gasteiger partial charge in [-0.05, 0) is 18.2 Å². The minimum atomic E-state index is -0.322. The fraction of sp³-hybridized carbons (Fsp3) is 0.0588. The zero-order valence-electron chi connectivity index (χ0n) is 12.5. The van der Waals surface area contributed by atoms with E-state index in [2.05, 4.69) is 19.9 Å². The third-order valence-corrected chi connectivity index (χ3v) is 3.74. The molecule has 1 aromatic carbocycles. The normalized spacial score (nSPS) is 11.0. The van der Waals surface area contributed by atoms with E-state index in [1.165, 1.54) is 12.4 Å². The lowest BCUT2D eigenvalue weighted by Crippen LogP contribution is -2.14. The Morgan fingerprint density at radius 1 is 1.12 bits per heavy atom. The molecule has 6 nitrogen and oxygen atoms in total. The zero-order chi connectivity index (χ0) is 16.5. The number of imidazole rings is 1. The van der Waals surface area contributed by atoms with Crippen molar-refractivity contribution in [3.05, 3.63) is 76.9 Å². The van der Waals surface area contributed by atoms with Crippen molar-refractivity contribution in [1.82, 2.24) is 24.5 Å². The lowest BCUT2D eigenvalue weighted by Gasteiger charge is -2.05. The number of aromatic nitrogens is 5. The molecule has 3 aromatic heterocycles. The maximum atomic E-state index is 13.8. The fourth-order valence-corrected chi connectivity index (χ4v) is 2.56. The first-order chi connectivity index (χ1) is 11.7. The number of aromatic amines is 1. The summed E-state index contributed by atoms with van der Waals surface area (Å²) in [7, 11) is 0. The Labute approximate surface area is 135 Å². The highest BCUT2D eigenvalue weighted by atomic mass is 19.1. The topological polar surface area (TPSA) is 76.5 Å². The quantitative estimate of drug-likeness (QED) is 0.628. The van der Waals surface area contributed by atoms with Crippen LogP contribution >= 0.6 is 0 Å². The molecular formula is C17H12FN5O. The highest BCUT2D eigenvalue weighted by Crippen LogP contribution is 2.16. The van der Waals surface area contributed by atoms with Gasteiger partial charge in [0.25, 0.3) is 5.56 Å². The Morgan fingerprint density at radius 3 is 2.71 bits per heavy atom. The van der Waals surface area contributed by atoms with Crippen LogP contribution in [-0.2, 0) is 6.54 Å². The van der Waals surface area contributed by atoms with Gasteiger partial charge in [0.1, 0.15) is 11.6 Å². The van der Waals surface area contributed by atoms with Crippen molar-refractivity contribution in [2.24, 2.45) is 0 Å². The largest absolute Gasteiger partial charge is 0.320 e. The lowest BCUT2D eigenvalue weighted by atomic mass is 10.2. The predicted molar refractivity (Wildman–Crippen MR) is 86.9 cm³/mol. The van der Waals surface area contributed by atoms with Crippen molar-refractivity contribution in [1.29, 1.82) is 0 Å². The highest BCUT2D eigenvalue weighted by Gasteiger charge is 2.13. The third-order valence-electron chi connectivity index (χ3n) is 3.74. The summed E-state index contributed by atoms with van der Waals surface area (Å²) in [5, 5.41) is 0. The molecule has 1 N–H and O–H groups in total. The van der Waals surface area contributed by atoms with Crippen molar-refractivity contribution >= 4 is 11.2 Å². The number of halogens is 1. The number of pyridine rings is 1. The average molecular weight is 321 g/mol. The summed E-state index contributed by atoms with van der Waals surface area (Å²) in [6.07, 6.45) is 4.74. The van der Waals surface area contributed by atoms with Crippen LogP contribution in [0, 0.1) is 5.82 Å². The van der Waals surface area contributed by atoms with Crippen LogP contribution in [0.1, 0.15) is 5.56 Å². The highest BCUT2D eigenvalue weighted by molar-refractivity contribution is 5.72. The van der Waals surface area contributed by atoms with Crippen LogP contribution in [0.15, 0.2) is 59.9 Å². The molecule has 4 aromatic rings. The van der Waals surface area contributed by atoms with E-state index in [1.54, 1.807) is 47.3 Å². The van der Waals surface area contributed by atoms with Crippen LogP contribution in [-0.4, -0.2) is 24.5 Å². The van der Waals surface area contributed by atoms with E-state index in [0.29, 0.717) is 22.6 Å². The maximum Gasteiger partial charge on any atom is 0.277 e. The lowest BCUT2D eigenvalue weighted by molar-refractivity contribution is 0.601. The molecule has 4 rings (SSSR count). The number of hydrogen-bond acceptors (Lipinski definition) is 4. The van der Waals surface area contributed by atoms with E-state index in [4.69, 9.17) is 0 Å². The van der Waals surface area contributed by atoms with Crippen LogP contribution < -0.4 is 5.56 Å². The van der Waals surface area contributed by atoms with Crippen LogP contribution in [0.4, 0.5) is 4.39 Å². The molecule has 0 unspecified atom stereocenters. The standard InChI is InChI=1S/C17H12FN5O/c18-13-4-2-1-3-12(13)9-23-10-20-16-14(23)17(24)22-15(21-16)11-5-7-19-8-6-11/h1-8,10H,9H2,(H,21,22,24). The van der Waals surface area contributed by atoms with Crippen LogP contribution in [0.3, 0.4) is 0 Å². The van der Waals surface area contributed by atoms with Crippen molar-refractivity contribution in [2.75, 3.05) is 0 Å². The van der Waals surface area contributed by atoms with Gasteiger partial charge < -0.3 is 9.55 Å². The number of nitrogens with one attached hydrogen (secondary N) is 1. The van der Waals surface area contributed by atoms with Crippen molar-refractivity contribution in [3.63, 3.8) is 0 Å². The molecule has 0 bridgehead atoms. The van der Waals surface area contributed by atoms with Gasteiger partial charge in [-0.2, -0.15) is 0 Å². The van der Waals surface area contributed by atoms with Gasteiger partial charge in [-0.3, -0.25) is 9.78 Å². The first-order valence-electron chi connectivity index (χ1n) is 7.31. The molecule has 0 saturated carbocycles. The van der Waals surface area contributed by atoms with Gasteiger partial charge in [-0.25, -0.2) is 14.4 Å². The van der Waals surface area contributed by atoms with Gasteiger partial charge in [-0.15, -0.1) is 0 Å². The summed E-state index contributed by atoms with van der Waals surface area (Å²) in [5.41, 5.74) is 1.54. The molecule has 0 spiro atoms. The van der Waals surface area contributed by atoms with Gasteiger partial charge in [-0.1, -0.05) is 18.2 Å². The van der Waals surface area contributed by atoms with Gasteiger partial charge in [0.2, 0.25) is 0 Å². The monoisotopic (exact) mass is 321 g/mol. The first-order valence-corrected chi connectivity index (χ1v) is 7.31. The van der Waals surface area contributed by atoms with E-state index >= 15 is 0 Å². The second-order valence-corrected chi connectivity index (χ2v) is 5.29. The van der Waals surface area contributed by atoms with Crippen molar-refractivity contribution in [3.8, 4) is 11.4 Å². The van der Waals surface area contributed by atoms with Crippen LogP contribution in [0.5, 0.6) is 0 Å². The summed E-state index contributed by atoms with van der Waals surface area (Å²) in [6, 6.07) is 9.94. The summed E-state index contributed by atoms with van der Waals surface area (Å²) in [6.45, 7) is 0.211. The molecule has 0 radical (unpaired) electrons. The van der Waals surface area contributed by atoms with E-state index in [1.807, 2.05) is 0 Å². The summed E-state index contributed by atoms with van der Waals surface area (Å²) < 4.78 is 15.4. The molecule has 0 aliphatic carbocycles. The average Bonchev–Trinajstić information content (AvgIpc) is 3.01. The molecule has 0 fully saturated rings. The molecule has 24 heavy (non-hydrogen) atoms. The Balaban J connectivity index is 1.80. The number of H-pyrrole nitrogens is 1. The van der Waals surface area contributed by atoms with Crippen LogP contribution in [0.2, 0.25) is 0 Å². The van der Waals surface area contributed by atoms with Crippen LogP contribution in [0.25, 0.3) is 22.6 Å². The molecule has 0 saturated heterocycles. The molecule has 0 atom stereocenters. The smallest absolute Gasteiger partial charge is 0.277 e. The zero-order valence-corrected chi connectivity index (χ0v) is 12.5. The Hall–Kier alpha value is -3.35. The van der Waals surface area contributed by atoms with Gasteiger partial charge >= 0.3 is 0 Å². The number of fused-ring (bicyclic) bond motifs is 1. The Bertz CT molecular complexity index is 1070. The molecular weight excluding hydrogens is 309 g/mol. The summed E-state index contributed by atoms with van der Waals surface area (Å²) in [5.74, 6) is 0.100. The molecule has 7 heteroatoms. The van der Waals surface area contributed by atoms with Crippen molar-refractivity contribution < 1.29 is 4.39 Å². The summed E-state index contributed by atoms with van der Waals surface area (Å²) >= 11 is 0. The second-order valence-electron chi connectivity index (χ2n) is 5.29. The predicted octanol–water partition coefficient (Wildman–Crippen LogP) is 2.37. The molecule has 0 aliphatic heterocycles. The molecule has 3 heterocycles. The SMILES string of the molecule is O=c1[nH]c(-c2ccncc2)nc2ncn(Cc3ccccc3F)c12. The Morgan fingerprint density at radius 2 is 1.92 bits per heavy atom. The van der Waals surface area contributed by atoms with Crippen molar-refractivity contribution in [2.45, 2.75) is 6.54 Å². The minimum Gasteiger partial charge on any atom is -0.320 e. The van der Waals surface area contributed by atoms with Gasteiger partial charge in [0, 0.05) is 23.5 Å². The number of rotatable bonds is 3. The third kappa shape index (κ3) is 2.45. The molecule has 0 amide bonds. The molecule has 0 aliphatic rings. The maximum absolute atomic E-state index is 13.8. The summed E-state index contributed by atoms with van der Waals surface area (Å²) in [4.78, 5) is 27.7. The van der Waals surface area contributed by atoms with E-state index in [0.717, 1.165) is 5.56 Å².